The van der Waals surface area contributed by atoms with Gasteiger partial charge in [-0.2, -0.15) is 10.5 Å². The van der Waals surface area contributed by atoms with E-state index in [2.05, 4.69) is 9.71 Å². The molecule has 1 N–H and O–H groups in total. The van der Waals surface area contributed by atoms with E-state index >= 15 is 0 Å². The minimum absolute atomic E-state index is 0.161. The fourth-order valence-electron chi connectivity index (χ4n) is 1.68. The van der Waals surface area contributed by atoms with Crippen molar-refractivity contribution in [1.82, 2.24) is 4.98 Å². The van der Waals surface area contributed by atoms with Gasteiger partial charge in [0.25, 0.3) is 10.0 Å². The summed E-state index contributed by atoms with van der Waals surface area (Å²) in [5.74, 6) is 0. The molecule has 1 aromatic heterocycles. The number of anilines is 1. The maximum absolute atomic E-state index is 12.2. The third-order valence-corrected chi connectivity index (χ3v) is 4.07. The Hall–Kier alpha value is -2.90. The van der Waals surface area contributed by atoms with Crippen molar-refractivity contribution in [3.63, 3.8) is 0 Å². The van der Waals surface area contributed by atoms with E-state index in [1.54, 1.807) is 30.3 Å². The number of nitrogens with zero attached hydrogens (tertiary/aromatic N) is 3. The molecule has 0 atom stereocenters. The van der Waals surface area contributed by atoms with Crippen LogP contribution < -0.4 is 4.72 Å². The summed E-state index contributed by atoms with van der Waals surface area (Å²) in [6, 6.07) is 13.0. The lowest BCUT2D eigenvalue weighted by atomic mass is 10.1. The maximum atomic E-state index is 12.2. The first-order valence-corrected chi connectivity index (χ1v) is 7.39. The van der Waals surface area contributed by atoms with Gasteiger partial charge in [-0.3, -0.25) is 4.72 Å². The molecule has 0 aliphatic heterocycles. The molecule has 0 radical (unpaired) electrons. The molecule has 2 aromatic rings. The Kier molecular flexibility index (Phi) is 4.17. The predicted molar refractivity (Wildman–Crippen MR) is 75.5 cm³/mol. The number of nitriles is 2. The lowest BCUT2D eigenvalue weighted by molar-refractivity contribution is 0.600. The van der Waals surface area contributed by atoms with Crippen molar-refractivity contribution in [3.05, 3.63) is 53.9 Å². The van der Waals surface area contributed by atoms with Crippen LogP contribution >= 0.6 is 0 Å². The van der Waals surface area contributed by atoms with Crippen molar-refractivity contribution in [2.75, 3.05) is 4.72 Å². The van der Waals surface area contributed by atoms with Crippen LogP contribution in [0.1, 0.15) is 11.3 Å². The average molecular weight is 298 g/mol. The summed E-state index contributed by atoms with van der Waals surface area (Å²) in [6.45, 7) is 0. The van der Waals surface area contributed by atoms with E-state index in [9.17, 15) is 8.42 Å². The van der Waals surface area contributed by atoms with Gasteiger partial charge in [-0.1, -0.05) is 12.1 Å². The van der Waals surface area contributed by atoms with Gasteiger partial charge < -0.3 is 0 Å². The van der Waals surface area contributed by atoms with Crippen molar-refractivity contribution in [2.24, 2.45) is 0 Å². The Morgan fingerprint density at radius 3 is 2.48 bits per heavy atom. The number of hydrogen-bond donors (Lipinski definition) is 1. The number of rotatable bonds is 4. The van der Waals surface area contributed by atoms with Gasteiger partial charge in [-0.05, 0) is 29.8 Å². The van der Waals surface area contributed by atoms with Crippen molar-refractivity contribution in [2.45, 2.75) is 11.3 Å². The molecular formula is C14H10N4O2S. The minimum atomic E-state index is -3.88. The lowest BCUT2D eigenvalue weighted by Crippen LogP contribution is -2.15. The Balaban J connectivity index is 2.30. The van der Waals surface area contributed by atoms with Crippen LogP contribution in [0.5, 0.6) is 0 Å². The summed E-state index contributed by atoms with van der Waals surface area (Å²) >= 11 is 0. The van der Waals surface area contributed by atoms with Crippen LogP contribution in [-0.4, -0.2) is 13.4 Å². The predicted octanol–water partition coefficient (Wildman–Crippen LogP) is 1.82. The third-order valence-electron chi connectivity index (χ3n) is 2.66. The van der Waals surface area contributed by atoms with Gasteiger partial charge >= 0.3 is 0 Å². The van der Waals surface area contributed by atoms with E-state index in [0.29, 0.717) is 5.69 Å². The van der Waals surface area contributed by atoms with Gasteiger partial charge in [0, 0.05) is 11.9 Å². The lowest BCUT2D eigenvalue weighted by Gasteiger charge is -2.09. The zero-order valence-corrected chi connectivity index (χ0v) is 11.6. The molecule has 0 amide bonds. The average Bonchev–Trinajstić information content (AvgIpc) is 2.49. The summed E-state index contributed by atoms with van der Waals surface area (Å²) < 4.78 is 26.9. The largest absolute Gasteiger partial charge is 0.280 e. The first-order valence-electron chi connectivity index (χ1n) is 5.90. The number of sulfonamides is 1. The van der Waals surface area contributed by atoms with Gasteiger partial charge in [-0.15, -0.1) is 0 Å². The van der Waals surface area contributed by atoms with Gasteiger partial charge in [0.05, 0.1) is 12.5 Å². The number of aromatic nitrogens is 1. The molecule has 0 saturated heterocycles. The van der Waals surface area contributed by atoms with E-state index < -0.39 is 10.0 Å². The normalized spacial score (nSPS) is 10.4. The number of hydrogen-bond acceptors (Lipinski definition) is 5. The van der Waals surface area contributed by atoms with E-state index in [1.807, 2.05) is 6.07 Å². The second-order valence-electron chi connectivity index (χ2n) is 4.10. The number of benzene rings is 1. The topological polar surface area (TPSA) is 107 Å². The molecule has 2 rings (SSSR count). The smallest absolute Gasteiger partial charge is 0.264 e. The first kappa shape index (κ1) is 14.5. The highest BCUT2D eigenvalue weighted by Gasteiger charge is 2.19. The molecule has 1 aromatic carbocycles. The van der Waals surface area contributed by atoms with E-state index in [-0.39, 0.29) is 17.0 Å². The van der Waals surface area contributed by atoms with E-state index in [4.69, 9.17) is 10.5 Å². The third kappa shape index (κ3) is 3.35. The van der Waals surface area contributed by atoms with Gasteiger partial charge in [0.1, 0.15) is 11.0 Å². The van der Waals surface area contributed by atoms with Crippen LogP contribution in [0.2, 0.25) is 0 Å². The molecule has 0 bridgehead atoms. The molecule has 1 heterocycles. The second kappa shape index (κ2) is 6.04. The Labute approximate surface area is 122 Å². The molecule has 0 saturated carbocycles. The Morgan fingerprint density at radius 1 is 1.14 bits per heavy atom. The second-order valence-corrected chi connectivity index (χ2v) is 5.75. The molecule has 6 nitrogen and oxygen atoms in total. The monoisotopic (exact) mass is 298 g/mol. The van der Waals surface area contributed by atoms with Crippen LogP contribution in [-0.2, 0) is 16.4 Å². The highest BCUT2D eigenvalue weighted by molar-refractivity contribution is 7.92. The first-order chi connectivity index (χ1) is 10.1. The molecule has 7 heteroatoms. The molecule has 0 unspecified atom stereocenters. The molecule has 21 heavy (non-hydrogen) atoms. The Bertz CT molecular complexity index is 831. The number of nitrogens with one attached hydrogen (secondary N) is 1. The zero-order valence-electron chi connectivity index (χ0n) is 10.8. The highest BCUT2D eigenvalue weighted by Crippen LogP contribution is 2.18. The standard InChI is InChI=1S/C14H10N4O2S/c15-8-7-11-3-5-12(6-4-11)18-21(19,20)14-2-1-9-17-13(14)10-16/h1-6,9,18H,7H2. The maximum Gasteiger partial charge on any atom is 0.264 e. The molecule has 0 spiro atoms. The van der Waals surface area contributed by atoms with Crippen LogP contribution in [0.4, 0.5) is 5.69 Å². The van der Waals surface area contributed by atoms with E-state index in [0.717, 1.165) is 5.56 Å². The van der Waals surface area contributed by atoms with Crippen LogP contribution in [0.25, 0.3) is 0 Å². The highest BCUT2D eigenvalue weighted by atomic mass is 32.2. The fourth-order valence-corrected chi connectivity index (χ4v) is 2.85. The van der Waals surface area contributed by atoms with Crippen LogP contribution in [0.3, 0.4) is 0 Å². The van der Waals surface area contributed by atoms with Crippen molar-refractivity contribution in [3.8, 4) is 12.1 Å². The summed E-state index contributed by atoms with van der Waals surface area (Å²) in [7, 11) is -3.88. The van der Waals surface area contributed by atoms with Gasteiger partial charge in [0.15, 0.2) is 5.69 Å². The summed E-state index contributed by atoms with van der Waals surface area (Å²) in [6.07, 6.45) is 1.61. The van der Waals surface area contributed by atoms with Crippen LogP contribution in [0.15, 0.2) is 47.5 Å². The van der Waals surface area contributed by atoms with Crippen molar-refractivity contribution >= 4 is 15.7 Å². The molecule has 0 fully saturated rings. The van der Waals surface area contributed by atoms with E-state index in [1.165, 1.54) is 18.3 Å². The zero-order chi connectivity index (χ0) is 15.3. The van der Waals surface area contributed by atoms with Crippen LogP contribution in [0, 0.1) is 22.7 Å². The molecular weight excluding hydrogens is 288 g/mol. The molecule has 0 aliphatic rings. The van der Waals surface area contributed by atoms with Crippen molar-refractivity contribution in [1.29, 1.82) is 10.5 Å². The summed E-state index contributed by atoms with van der Waals surface area (Å²) in [5.41, 5.74) is 0.982. The van der Waals surface area contributed by atoms with Gasteiger partial charge in [0.2, 0.25) is 0 Å². The van der Waals surface area contributed by atoms with Gasteiger partial charge in [-0.25, -0.2) is 13.4 Å². The Morgan fingerprint density at radius 2 is 1.86 bits per heavy atom. The quantitative estimate of drug-likeness (QED) is 0.926. The van der Waals surface area contributed by atoms with Crippen molar-refractivity contribution < 1.29 is 8.42 Å². The summed E-state index contributed by atoms with van der Waals surface area (Å²) in [5, 5.41) is 17.5. The minimum Gasteiger partial charge on any atom is -0.280 e. The SMILES string of the molecule is N#CCc1ccc(NS(=O)(=O)c2cccnc2C#N)cc1. The molecule has 104 valence electrons. The number of pyridine rings is 1. The molecule has 0 aliphatic carbocycles. The fraction of sp³-hybridized carbons (Fsp3) is 0.0714. The summed E-state index contributed by atoms with van der Waals surface area (Å²) in [4.78, 5) is 3.55.